The Morgan fingerprint density at radius 3 is 2.26 bits per heavy atom. The number of benzene rings is 3. The molecule has 3 aromatic carbocycles. The molecule has 3 heterocycles. The van der Waals surface area contributed by atoms with Crippen LogP contribution in [-0.2, 0) is 13.0 Å². The van der Waals surface area contributed by atoms with Crippen LogP contribution in [0.15, 0.2) is 79.0 Å². The first-order valence-electron chi connectivity index (χ1n) is 13.8. The first-order valence-corrected chi connectivity index (χ1v) is 13.8. The van der Waals surface area contributed by atoms with Crippen molar-refractivity contribution in [3.05, 3.63) is 101 Å². The van der Waals surface area contributed by atoms with Gasteiger partial charge in [-0.05, 0) is 85.2 Å². The summed E-state index contributed by atoms with van der Waals surface area (Å²) in [6.07, 6.45) is 5.26. The second-order valence-corrected chi connectivity index (χ2v) is 10.8. The zero-order valence-corrected chi connectivity index (χ0v) is 23.1. The van der Waals surface area contributed by atoms with E-state index in [-0.39, 0.29) is 5.91 Å². The van der Waals surface area contributed by atoms with E-state index < -0.39 is 0 Å². The fourth-order valence-corrected chi connectivity index (χ4v) is 5.77. The minimum absolute atomic E-state index is 0.0953. The number of rotatable bonds is 6. The Bertz CT molecular complexity index is 1640. The summed E-state index contributed by atoms with van der Waals surface area (Å²) in [5.74, 6) is 1.19. The van der Waals surface area contributed by atoms with Gasteiger partial charge in [-0.1, -0.05) is 55.8 Å². The Labute approximate surface area is 230 Å². The monoisotopic (exact) mass is 517 g/mol. The summed E-state index contributed by atoms with van der Waals surface area (Å²) in [7, 11) is 1.69. The summed E-state index contributed by atoms with van der Waals surface area (Å²) in [5, 5.41) is 3.19. The van der Waals surface area contributed by atoms with Gasteiger partial charge in [-0.25, -0.2) is 0 Å². The lowest BCUT2D eigenvalue weighted by Gasteiger charge is -2.12. The van der Waals surface area contributed by atoms with Gasteiger partial charge in [0.05, 0.1) is 12.8 Å². The van der Waals surface area contributed by atoms with Gasteiger partial charge in [-0.15, -0.1) is 0 Å². The molecule has 0 spiro atoms. The highest BCUT2D eigenvalue weighted by Gasteiger charge is 2.29. The molecule has 0 fully saturated rings. The van der Waals surface area contributed by atoms with Crippen LogP contribution in [0.2, 0.25) is 0 Å². The zero-order valence-electron chi connectivity index (χ0n) is 23.1. The van der Waals surface area contributed by atoms with Crippen molar-refractivity contribution in [2.75, 3.05) is 12.4 Å². The lowest BCUT2D eigenvalue weighted by Crippen LogP contribution is -2.15. The SMILES string of the molecule is COc1ccc(-c2cn3c(C(=O)Nc4ccc(C)cc4)c(-c4ccc(C(C)C)cc4)c4c3n2CCCC4)cc1. The molecular weight excluding hydrogens is 482 g/mol. The van der Waals surface area contributed by atoms with Gasteiger partial charge < -0.3 is 14.6 Å². The van der Waals surface area contributed by atoms with E-state index >= 15 is 0 Å². The van der Waals surface area contributed by atoms with Crippen molar-refractivity contribution in [1.82, 2.24) is 8.97 Å². The quantitative estimate of drug-likeness (QED) is 0.247. The molecular formula is C34H35N3O2. The first kappa shape index (κ1) is 25.1. The Morgan fingerprint density at radius 2 is 1.59 bits per heavy atom. The maximum Gasteiger partial charge on any atom is 0.273 e. The van der Waals surface area contributed by atoms with Crippen LogP contribution in [0.3, 0.4) is 0 Å². The number of imidazole rings is 1. The Hall–Kier alpha value is -4.25. The van der Waals surface area contributed by atoms with Gasteiger partial charge in [0.2, 0.25) is 0 Å². The van der Waals surface area contributed by atoms with E-state index in [4.69, 9.17) is 4.74 Å². The molecule has 5 aromatic rings. The Balaban J connectivity index is 1.57. The predicted octanol–water partition coefficient (Wildman–Crippen LogP) is 8.10. The van der Waals surface area contributed by atoms with Gasteiger partial charge in [0.15, 0.2) is 0 Å². The minimum atomic E-state index is -0.0953. The Kier molecular flexibility index (Phi) is 6.51. The average Bonchev–Trinajstić information content (AvgIpc) is 3.37. The third-order valence-corrected chi connectivity index (χ3v) is 7.91. The molecule has 0 saturated carbocycles. The van der Waals surface area contributed by atoms with Crippen LogP contribution in [0, 0.1) is 6.92 Å². The molecule has 0 aliphatic carbocycles. The molecule has 5 heteroatoms. The molecule has 0 radical (unpaired) electrons. The average molecular weight is 518 g/mol. The zero-order chi connectivity index (χ0) is 27.1. The summed E-state index contributed by atoms with van der Waals surface area (Å²) < 4.78 is 9.93. The molecule has 198 valence electrons. The van der Waals surface area contributed by atoms with Gasteiger partial charge in [0.25, 0.3) is 5.91 Å². The van der Waals surface area contributed by atoms with Crippen LogP contribution < -0.4 is 10.1 Å². The number of amides is 1. The lowest BCUT2D eigenvalue weighted by molar-refractivity contribution is 0.102. The predicted molar refractivity (Wildman–Crippen MR) is 159 cm³/mol. The smallest absolute Gasteiger partial charge is 0.273 e. The highest BCUT2D eigenvalue weighted by Crippen LogP contribution is 2.40. The number of carbonyl (C=O) groups is 1. The number of methoxy groups -OCH3 is 1. The van der Waals surface area contributed by atoms with Crippen molar-refractivity contribution in [2.45, 2.75) is 52.5 Å². The van der Waals surface area contributed by atoms with Crippen molar-refractivity contribution in [1.29, 1.82) is 0 Å². The van der Waals surface area contributed by atoms with Crippen LogP contribution in [0.25, 0.3) is 28.0 Å². The van der Waals surface area contributed by atoms with Gasteiger partial charge in [-0.2, -0.15) is 0 Å². The molecule has 6 rings (SSSR count). The van der Waals surface area contributed by atoms with E-state index in [1.165, 1.54) is 11.1 Å². The van der Waals surface area contributed by atoms with Crippen LogP contribution in [-0.4, -0.2) is 22.0 Å². The van der Waals surface area contributed by atoms with Gasteiger partial charge in [0, 0.05) is 29.6 Å². The summed E-state index contributed by atoms with van der Waals surface area (Å²) in [5.41, 5.74) is 10.7. The molecule has 5 nitrogen and oxygen atoms in total. The van der Waals surface area contributed by atoms with Crippen molar-refractivity contribution in [3.8, 4) is 28.1 Å². The Morgan fingerprint density at radius 1 is 0.897 bits per heavy atom. The van der Waals surface area contributed by atoms with Gasteiger partial charge >= 0.3 is 0 Å². The second-order valence-electron chi connectivity index (χ2n) is 10.8. The van der Waals surface area contributed by atoms with Crippen LogP contribution >= 0.6 is 0 Å². The van der Waals surface area contributed by atoms with E-state index in [0.717, 1.165) is 70.8 Å². The lowest BCUT2D eigenvalue weighted by atomic mass is 9.95. The van der Waals surface area contributed by atoms with E-state index in [0.29, 0.717) is 11.6 Å². The topological polar surface area (TPSA) is 47.7 Å². The van der Waals surface area contributed by atoms with Crippen LogP contribution in [0.5, 0.6) is 5.75 Å². The largest absolute Gasteiger partial charge is 0.497 e. The summed E-state index contributed by atoms with van der Waals surface area (Å²) in [6, 6.07) is 24.9. The molecule has 39 heavy (non-hydrogen) atoms. The third kappa shape index (κ3) is 4.52. The maximum atomic E-state index is 14.1. The molecule has 1 amide bonds. The molecule has 1 aliphatic heterocycles. The maximum absolute atomic E-state index is 14.1. The normalized spacial score (nSPS) is 13.1. The highest BCUT2D eigenvalue weighted by molar-refractivity contribution is 6.10. The van der Waals surface area contributed by atoms with E-state index in [1.807, 2.05) is 36.4 Å². The number of nitrogens with one attached hydrogen (secondary N) is 1. The molecule has 2 aromatic heterocycles. The molecule has 0 atom stereocenters. The molecule has 0 bridgehead atoms. The minimum Gasteiger partial charge on any atom is -0.497 e. The van der Waals surface area contributed by atoms with Crippen LogP contribution in [0.4, 0.5) is 5.69 Å². The van der Waals surface area contributed by atoms with E-state index in [1.54, 1.807) is 7.11 Å². The number of hydrogen-bond acceptors (Lipinski definition) is 2. The van der Waals surface area contributed by atoms with Crippen LogP contribution in [0.1, 0.15) is 59.8 Å². The summed E-state index contributed by atoms with van der Waals surface area (Å²) in [6.45, 7) is 7.38. The van der Waals surface area contributed by atoms with Crippen molar-refractivity contribution < 1.29 is 9.53 Å². The molecule has 0 unspecified atom stereocenters. The van der Waals surface area contributed by atoms with Crippen molar-refractivity contribution in [3.63, 3.8) is 0 Å². The van der Waals surface area contributed by atoms with Gasteiger partial charge in [-0.3, -0.25) is 9.20 Å². The number of ether oxygens (including phenoxy) is 1. The van der Waals surface area contributed by atoms with E-state index in [2.05, 4.69) is 77.7 Å². The molecule has 0 saturated heterocycles. The summed E-state index contributed by atoms with van der Waals surface area (Å²) in [4.78, 5) is 14.1. The fraction of sp³-hybridized carbons (Fsp3) is 0.265. The fourth-order valence-electron chi connectivity index (χ4n) is 5.77. The highest BCUT2D eigenvalue weighted by atomic mass is 16.5. The van der Waals surface area contributed by atoms with Gasteiger partial charge in [0.1, 0.15) is 17.1 Å². The second kappa shape index (κ2) is 10.1. The van der Waals surface area contributed by atoms with E-state index in [9.17, 15) is 4.79 Å². The van der Waals surface area contributed by atoms with Crippen molar-refractivity contribution in [2.24, 2.45) is 0 Å². The number of aromatic nitrogens is 2. The number of anilines is 1. The number of hydrogen-bond donors (Lipinski definition) is 1. The first-order chi connectivity index (χ1) is 18.9. The number of nitrogens with zero attached hydrogens (tertiary/aromatic N) is 2. The molecule has 1 N–H and O–H groups in total. The third-order valence-electron chi connectivity index (χ3n) is 7.91. The van der Waals surface area contributed by atoms with Crippen molar-refractivity contribution >= 4 is 17.2 Å². The summed E-state index contributed by atoms with van der Waals surface area (Å²) >= 11 is 0. The standard InChI is InChI=1S/C34H35N3O2/c1-22(2)24-10-12-26(13-11-24)31-29-7-5-6-20-36-30(25-14-18-28(39-4)19-15-25)21-37(34(29)36)32(31)33(38)35-27-16-8-23(3)9-17-27/h8-19,21-22H,5-7,20H2,1-4H3,(H,35,38). The number of carbonyl (C=O) groups excluding carboxylic acids is 1. The number of aryl methyl sites for hydroxylation is 3. The molecule has 1 aliphatic rings.